The second-order valence-electron chi connectivity index (χ2n) is 4.22. The largest absolute Gasteiger partial charge is 0.491 e. The third-order valence-corrected chi connectivity index (χ3v) is 2.70. The Morgan fingerprint density at radius 2 is 2.11 bits per heavy atom. The number of nitrogens with one attached hydrogen (secondary N) is 1. The molecule has 0 aliphatic rings. The zero-order valence-corrected chi connectivity index (χ0v) is 10.6. The fourth-order valence-corrected chi connectivity index (χ4v) is 1.58. The van der Waals surface area contributed by atoms with Crippen LogP contribution in [0.1, 0.15) is 19.4 Å². The molecule has 1 aromatic rings. The summed E-state index contributed by atoms with van der Waals surface area (Å²) in [5, 5.41) is 21.2. The Hall–Kier alpha value is -1.59. The number of para-hydroxylation sites is 1. The van der Waals surface area contributed by atoms with Gasteiger partial charge in [0.25, 0.3) is 0 Å². The van der Waals surface area contributed by atoms with Gasteiger partial charge in [-0.1, -0.05) is 25.1 Å². The first-order valence-electron chi connectivity index (χ1n) is 5.83. The number of hydrogen-bond donors (Lipinski definition) is 3. The zero-order valence-electron chi connectivity index (χ0n) is 10.6. The van der Waals surface area contributed by atoms with Crippen molar-refractivity contribution in [2.45, 2.75) is 26.0 Å². The summed E-state index contributed by atoms with van der Waals surface area (Å²) in [5.41, 5.74) is -0.501. The highest BCUT2D eigenvalue weighted by Gasteiger charge is 2.33. The van der Waals surface area contributed by atoms with Crippen molar-refractivity contribution in [2.75, 3.05) is 13.2 Å². The highest BCUT2D eigenvalue weighted by Crippen LogP contribution is 2.19. The Bertz CT molecular complexity index is 408. The van der Waals surface area contributed by atoms with Crippen molar-refractivity contribution in [3.8, 4) is 5.75 Å². The van der Waals surface area contributed by atoms with Crippen LogP contribution in [0.4, 0.5) is 0 Å². The van der Waals surface area contributed by atoms with Crippen LogP contribution in [-0.2, 0) is 11.4 Å². The lowest BCUT2D eigenvalue weighted by atomic mass is 10.0. The Labute approximate surface area is 106 Å². The molecule has 0 bridgehead atoms. The summed E-state index contributed by atoms with van der Waals surface area (Å²) in [5.74, 6) is -0.462. The molecule has 0 fully saturated rings. The van der Waals surface area contributed by atoms with Crippen LogP contribution in [0.25, 0.3) is 0 Å². The average molecular weight is 253 g/mol. The lowest BCUT2D eigenvalue weighted by Crippen LogP contribution is -2.53. The van der Waals surface area contributed by atoms with Crippen molar-refractivity contribution in [1.82, 2.24) is 5.32 Å². The second-order valence-corrected chi connectivity index (χ2v) is 4.22. The van der Waals surface area contributed by atoms with Crippen LogP contribution in [0.5, 0.6) is 5.75 Å². The summed E-state index contributed by atoms with van der Waals surface area (Å²) in [4.78, 5) is 11.2. The van der Waals surface area contributed by atoms with Crippen molar-refractivity contribution in [3.63, 3.8) is 0 Å². The molecule has 0 amide bonds. The molecule has 0 spiro atoms. The maximum absolute atomic E-state index is 11.2. The smallest absolute Gasteiger partial charge is 0.327 e. The molecule has 0 saturated heterocycles. The van der Waals surface area contributed by atoms with E-state index in [0.29, 0.717) is 17.9 Å². The predicted octanol–water partition coefficient (Wildman–Crippen LogP) is 1.01. The number of hydrogen-bond acceptors (Lipinski definition) is 4. The number of aliphatic hydroxyl groups is 1. The van der Waals surface area contributed by atoms with Crippen molar-refractivity contribution < 1.29 is 19.7 Å². The van der Waals surface area contributed by atoms with Gasteiger partial charge in [-0.15, -0.1) is 0 Å². The van der Waals surface area contributed by atoms with Gasteiger partial charge in [0.15, 0.2) is 0 Å². The SMILES string of the molecule is CCNC(C)(COc1ccccc1CO)C(=O)O. The molecule has 0 heterocycles. The Morgan fingerprint density at radius 3 is 2.67 bits per heavy atom. The minimum absolute atomic E-state index is 0.00676. The molecule has 5 nitrogen and oxygen atoms in total. The monoisotopic (exact) mass is 253 g/mol. The number of aliphatic carboxylic acids is 1. The number of carbonyl (C=O) groups is 1. The lowest BCUT2D eigenvalue weighted by molar-refractivity contribution is -0.145. The van der Waals surface area contributed by atoms with E-state index >= 15 is 0 Å². The number of likely N-dealkylation sites (N-methyl/N-ethyl adjacent to an activating group) is 1. The Kier molecular flexibility index (Phi) is 5.12. The first-order chi connectivity index (χ1) is 8.53. The lowest BCUT2D eigenvalue weighted by Gasteiger charge is -2.26. The van der Waals surface area contributed by atoms with E-state index in [9.17, 15) is 9.90 Å². The molecule has 1 unspecified atom stereocenters. The highest BCUT2D eigenvalue weighted by molar-refractivity contribution is 5.78. The van der Waals surface area contributed by atoms with Gasteiger partial charge in [0, 0.05) is 5.56 Å². The molecule has 1 aromatic carbocycles. The van der Waals surface area contributed by atoms with Gasteiger partial charge in [-0.2, -0.15) is 0 Å². The number of carboxylic acid groups (broad SMARTS) is 1. The van der Waals surface area contributed by atoms with E-state index in [1.54, 1.807) is 31.2 Å². The van der Waals surface area contributed by atoms with Gasteiger partial charge in [-0.3, -0.25) is 10.1 Å². The molecule has 18 heavy (non-hydrogen) atoms. The van der Waals surface area contributed by atoms with Crippen LogP contribution < -0.4 is 10.1 Å². The minimum Gasteiger partial charge on any atom is -0.491 e. The number of aliphatic hydroxyl groups excluding tert-OH is 1. The van der Waals surface area contributed by atoms with Crippen molar-refractivity contribution in [3.05, 3.63) is 29.8 Å². The zero-order chi connectivity index (χ0) is 13.6. The maximum Gasteiger partial charge on any atom is 0.327 e. The van der Waals surface area contributed by atoms with E-state index in [0.717, 1.165) is 0 Å². The van der Waals surface area contributed by atoms with Crippen LogP contribution in [0.3, 0.4) is 0 Å². The molecular weight excluding hydrogens is 234 g/mol. The summed E-state index contributed by atoms with van der Waals surface area (Å²) in [6, 6.07) is 7.01. The normalized spacial score (nSPS) is 13.9. The standard InChI is InChI=1S/C13H19NO4/c1-3-14-13(2,12(16)17)9-18-11-7-5-4-6-10(11)8-15/h4-7,14-15H,3,8-9H2,1-2H3,(H,16,17). The Morgan fingerprint density at radius 1 is 1.44 bits per heavy atom. The van der Waals surface area contributed by atoms with Gasteiger partial charge >= 0.3 is 5.97 Å². The number of ether oxygens (including phenoxy) is 1. The highest BCUT2D eigenvalue weighted by atomic mass is 16.5. The molecule has 0 aliphatic carbocycles. The van der Waals surface area contributed by atoms with Gasteiger partial charge in [-0.05, 0) is 19.5 Å². The van der Waals surface area contributed by atoms with Crippen LogP contribution in [0.2, 0.25) is 0 Å². The molecule has 1 atom stereocenters. The van der Waals surface area contributed by atoms with Crippen molar-refractivity contribution in [2.24, 2.45) is 0 Å². The second kappa shape index (κ2) is 6.37. The average Bonchev–Trinajstić information content (AvgIpc) is 2.37. The third kappa shape index (κ3) is 3.45. The molecule has 0 saturated carbocycles. The summed E-state index contributed by atoms with van der Waals surface area (Å²) in [6.45, 7) is 3.80. The van der Waals surface area contributed by atoms with Crippen LogP contribution in [0.15, 0.2) is 24.3 Å². The van der Waals surface area contributed by atoms with Gasteiger partial charge in [-0.25, -0.2) is 0 Å². The van der Waals surface area contributed by atoms with Crippen molar-refractivity contribution >= 4 is 5.97 Å². The molecule has 0 radical (unpaired) electrons. The quantitative estimate of drug-likeness (QED) is 0.676. The molecule has 0 aromatic heterocycles. The van der Waals surface area contributed by atoms with Crippen LogP contribution in [0, 0.1) is 0 Å². The maximum atomic E-state index is 11.2. The van der Waals surface area contributed by atoms with E-state index in [1.165, 1.54) is 0 Å². The molecule has 3 N–H and O–H groups in total. The molecule has 100 valence electrons. The number of rotatable bonds is 7. The molecule has 0 aliphatic heterocycles. The third-order valence-electron chi connectivity index (χ3n) is 2.70. The fourth-order valence-electron chi connectivity index (χ4n) is 1.58. The minimum atomic E-state index is -1.14. The van der Waals surface area contributed by atoms with Gasteiger partial charge in [0.1, 0.15) is 17.9 Å². The number of benzene rings is 1. The first kappa shape index (κ1) is 14.5. The first-order valence-corrected chi connectivity index (χ1v) is 5.83. The number of carboxylic acids is 1. The van der Waals surface area contributed by atoms with Crippen LogP contribution in [-0.4, -0.2) is 34.9 Å². The van der Waals surface area contributed by atoms with Gasteiger partial charge < -0.3 is 14.9 Å². The van der Waals surface area contributed by atoms with Gasteiger partial charge in [0.2, 0.25) is 0 Å². The molecular formula is C13H19NO4. The van der Waals surface area contributed by atoms with E-state index < -0.39 is 11.5 Å². The summed E-state index contributed by atoms with van der Waals surface area (Å²) in [6.07, 6.45) is 0. The van der Waals surface area contributed by atoms with Crippen molar-refractivity contribution in [1.29, 1.82) is 0 Å². The molecule has 1 rings (SSSR count). The molecule has 5 heteroatoms. The predicted molar refractivity (Wildman–Crippen MR) is 67.6 cm³/mol. The summed E-state index contributed by atoms with van der Waals surface area (Å²) in [7, 11) is 0. The van der Waals surface area contributed by atoms with E-state index in [-0.39, 0.29) is 13.2 Å². The van der Waals surface area contributed by atoms with E-state index in [4.69, 9.17) is 9.84 Å². The summed E-state index contributed by atoms with van der Waals surface area (Å²) >= 11 is 0. The summed E-state index contributed by atoms with van der Waals surface area (Å²) < 4.78 is 5.50. The van der Waals surface area contributed by atoms with Crippen LogP contribution >= 0.6 is 0 Å². The fraction of sp³-hybridized carbons (Fsp3) is 0.462. The van der Waals surface area contributed by atoms with E-state index in [1.807, 2.05) is 6.92 Å². The Balaban J connectivity index is 2.76. The van der Waals surface area contributed by atoms with E-state index in [2.05, 4.69) is 5.32 Å². The topological polar surface area (TPSA) is 78.8 Å². The van der Waals surface area contributed by atoms with Gasteiger partial charge in [0.05, 0.1) is 6.61 Å².